The zero-order valence-electron chi connectivity index (χ0n) is 13.3. The molecule has 0 unspecified atom stereocenters. The summed E-state index contributed by atoms with van der Waals surface area (Å²) in [6.45, 7) is 0. The number of para-hydroxylation sites is 2. The molecule has 1 N–H and O–H groups in total. The number of alkyl halides is 3. The minimum atomic E-state index is -4.83. The molecule has 0 bridgehead atoms. The number of carbonyl (C=O) groups excluding carboxylic acids is 1. The van der Waals surface area contributed by atoms with E-state index in [1.807, 2.05) is 30.3 Å². The minimum Gasteiger partial charge on any atom is -0.404 e. The molecule has 4 nitrogen and oxygen atoms in total. The van der Waals surface area contributed by atoms with E-state index in [0.717, 1.165) is 16.6 Å². The number of nitrogens with zero attached hydrogens (tertiary/aromatic N) is 1. The second-order valence-corrected chi connectivity index (χ2v) is 6.14. The molecule has 1 amide bonds. The van der Waals surface area contributed by atoms with Crippen LogP contribution in [0.15, 0.2) is 60.0 Å². The quantitative estimate of drug-likeness (QED) is 0.688. The number of amides is 1. The normalized spacial score (nSPS) is 11.2. The maximum absolute atomic E-state index is 12.4. The molecule has 0 radical (unpaired) electrons. The molecule has 134 valence electrons. The SMILES string of the molecule is O=C(Cc1csc(-c2ccccc2)n1)Nc1ccccc1OC(F)(F)F. The lowest BCUT2D eigenvalue weighted by Crippen LogP contribution is -2.20. The highest BCUT2D eigenvalue weighted by molar-refractivity contribution is 7.13. The first kappa shape index (κ1) is 17.9. The van der Waals surface area contributed by atoms with E-state index in [2.05, 4.69) is 15.0 Å². The van der Waals surface area contributed by atoms with E-state index in [1.165, 1.54) is 29.5 Å². The molecular formula is C18H13F3N2O2S. The lowest BCUT2D eigenvalue weighted by molar-refractivity contribution is -0.274. The Bertz CT molecular complexity index is 895. The smallest absolute Gasteiger partial charge is 0.404 e. The molecule has 3 aromatic rings. The highest BCUT2D eigenvalue weighted by Gasteiger charge is 2.32. The first-order valence-corrected chi connectivity index (χ1v) is 8.43. The highest BCUT2D eigenvalue weighted by atomic mass is 32.1. The Morgan fingerprint density at radius 3 is 2.50 bits per heavy atom. The van der Waals surface area contributed by atoms with Gasteiger partial charge in [0.1, 0.15) is 5.01 Å². The Hall–Kier alpha value is -2.87. The molecule has 2 aromatic carbocycles. The van der Waals surface area contributed by atoms with Crippen molar-refractivity contribution < 1.29 is 22.7 Å². The Balaban J connectivity index is 1.68. The topological polar surface area (TPSA) is 51.2 Å². The number of halogens is 3. The molecule has 0 atom stereocenters. The molecule has 0 aliphatic carbocycles. The number of thiazole rings is 1. The lowest BCUT2D eigenvalue weighted by Gasteiger charge is -2.13. The summed E-state index contributed by atoms with van der Waals surface area (Å²) < 4.78 is 41.2. The predicted octanol–water partition coefficient (Wildman–Crippen LogP) is 4.89. The number of nitrogens with one attached hydrogen (secondary N) is 1. The van der Waals surface area contributed by atoms with Gasteiger partial charge in [-0.2, -0.15) is 0 Å². The Kier molecular flexibility index (Phi) is 5.22. The molecule has 0 saturated carbocycles. The third-order valence-corrected chi connectivity index (χ3v) is 4.24. The zero-order valence-corrected chi connectivity index (χ0v) is 14.1. The molecule has 1 aromatic heterocycles. The molecule has 0 aliphatic heterocycles. The first-order valence-electron chi connectivity index (χ1n) is 7.55. The van der Waals surface area contributed by atoms with Crippen LogP contribution in [0.1, 0.15) is 5.69 Å². The van der Waals surface area contributed by atoms with Crippen molar-refractivity contribution in [2.24, 2.45) is 0 Å². The molecule has 1 heterocycles. The fraction of sp³-hybridized carbons (Fsp3) is 0.111. The van der Waals surface area contributed by atoms with Crippen LogP contribution in [-0.2, 0) is 11.2 Å². The summed E-state index contributed by atoms with van der Waals surface area (Å²) in [6, 6.07) is 14.9. The number of aromatic nitrogens is 1. The van der Waals surface area contributed by atoms with Crippen LogP contribution < -0.4 is 10.1 Å². The minimum absolute atomic E-state index is 0.0478. The van der Waals surface area contributed by atoms with E-state index in [9.17, 15) is 18.0 Å². The van der Waals surface area contributed by atoms with E-state index in [0.29, 0.717) is 5.69 Å². The monoisotopic (exact) mass is 378 g/mol. The van der Waals surface area contributed by atoms with Gasteiger partial charge in [-0.05, 0) is 12.1 Å². The number of benzene rings is 2. The van der Waals surface area contributed by atoms with E-state index in [4.69, 9.17) is 0 Å². The largest absolute Gasteiger partial charge is 0.573 e. The summed E-state index contributed by atoms with van der Waals surface area (Å²) in [5, 5.41) is 4.95. The molecule has 0 fully saturated rings. The molecule has 0 aliphatic rings. The molecule has 26 heavy (non-hydrogen) atoms. The summed E-state index contributed by atoms with van der Waals surface area (Å²) in [5.41, 5.74) is 1.43. The number of hydrogen-bond acceptors (Lipinski definition) is 4. The van der Waals surface area contributed by atoms with Gasteiger partial charge >= 0.3 is 6.36 Å². The highest BCUT2D eigenvalue weighted by Crippen LogP contribution is 2.30. The van der Waals surface area contributed by atoms with E-state index < -0.39 is 18.0 Å². The fourth-order valence-electron chi connectivity index (χ4n) is 2.24. The summed E-state index contributed by atoms with van der Waals surface area (Å²) in [5.74, 6) is -0.940. The van der Waals surface area contributed by atoms with Crippen molar-refractivity contribution in [2.75, 3.05) is 5.32 Å². The maximum Gasteiger partial charge on any atom is 0.573 e. The second-order valence-electron chi connectivity index (χ2n) is 5.28. The second kappa shape index (κ2) is 7.57. The average Bonchev–Trinajstić information content (AvgIpc) is 3.04. The predicted molar refractivity (Wildman–Crippen MR) is 93.0 cm³/mol. The van der Waals surface area contributed by atoms with Gasteiger partial charge in [0, 0.05) is 10.9 Å². The van der Waals surface area contributed by atoms with Gasteiger partial charge in [0.2, 0.25) is 5.91 Å². The van der Waals surface area contributed by atoms with E-state index in [1.54, 1.807) is 5.38 Å². The van der Waals surface area contributed by atoms with Crippen molar-refractivity contribution in [1.29, 1.82) is 0 Å². The lowest BCUT2D eigenvalue weighted by atomic mass is 10.2. The Morgan fingerprint density at radius 2 is 1.77 bits per heavy atom. The third kappa shape index (κ3) is 4.82. The van der Waals surface area contributed by atoms with E-state index in [-0.39, 0.29) is 12.1 Å². The van der Waals surface area contributed by atoms with Crippen LogP contribution in [-0.4, -0.2) is 17.3 Å². The van der Waals surface area contributed by atoms with Crippen molar-refractivity contribution in [2.45, 2.75) is 12.8 Å². The number of rotatable bonds is 5. The Labute approximate surface area is 151 Å². The van der Waals surface area contributed by atoms with Gasteiger partial charge < -0.3 is 10.1 Å². The number of anilines is 1. The van der Waals surface area contributed by atoms with Crippen molar-refractivity contribution in [3.05, 3.63) is 65.7 Å². The van der Waals surface area contributed by atoms with Gasteiger partial charge in [-0.1, -0.05) is 42.5 Å². The third-order valence-electron chi connectivity index (χ3n) is 3.30. The van der Waals surface area contributed by atoms with E-state index >= 15 is 0 Å². The first-order chi connectivity index (χ1) is 12.4. The summed E-state index contributed by atoms with van der Waals surface area (Å²) in [4.78, 5) is 16.6. The Morgan fingerprint density at radius 1 is 1.08 bits per heavy atom. The van der Waals surface area contributed by atoms with Gasteiger partial charge in [-0.15, -0.1) is 24.5 Å². The number of ether oxygens (including phenoxy) is 1. The molecule has 0 spiro atoms. The average molecular weight is 378 g/mol. The van der Waals surface area contributed by atoms with Gasteiger partial charge in [-0.3, -0.25) is 4.79 Å². The van der Waals surface area contributed by atoms with Crippen LogP contribution in [0.5, 0.6) is 5.75 Å². The van der Waals surface area contributed by atoms with Crippen LogP contribution in [0, 0.1) is 0 Å². The molecule has 0 saturated heterocycles. The van der Waals surface area contributed by atoms with Crippen LogP contribution in [0.4, 0.5) is 18.9 Å². The summed E-state index contributed by atoms with van der Waals surface area (Å²) in [6.07, 6.45) is -4.88. The molecule has 8 heteroatoms. The van der Waals surface area contributed by atoms with Gasteiger partial charge in [0.15, 0.2) is 5.75 Å². The maximum atomic E-state index is 12.4. The van der Waals surface area contributed by atoms with Gasteiger partial charge in [-0.25, -0.2) is 4.98 Å². The van der Waals surface area contributed by atoms with Crippen molar-refractivity contribution in [3.8, 4) is 16.3 Å². The molecule has 3 rings (SSSR count). The number of carbonyl (C=O) groups is 1. The van der Waals surface area contributed by atoms with Crippen LogP contribution >= 0.6 is 11.3 Å². The summed E-state index contributed by atoms with van der Waals surface area (Å²) >= 11 is 1.40. The van der Waals surface area contributed by atoms with Crippen LogP contribution in [0.2, 0.25) is 0 Å². The standard InChI is InChI=1S/C18H13F3N2O2S/c19-18(20,21)25-15-9-5-4-8-14(15)23-16(24)10-13-11-26-17(22-13)12-6-2-1-3-7-12/h1-9,11H,10H2,(H,23,24). The number of hydrogen-bond donors (Lipinski definition) is 1. The zero-order chi connectivity index (χ0) is 18.6. The van der Waals surface area contributed by atoms with Gasteiger partial charge in [0.25, 0.3) is 0 Å². The van der Waals surface area contributed by atoms with Crippen LogP contribution in [0.3, 0.4) is 0 Å². The molecular weight excluding hydrogens is 365 g/mol. The van der Waals surface area contributed by atoms with Crippen LogP contribution in [0.25, 0.3) is 10.6 Å². The fourth-order valence-corrected chi connectivity index (χ4v) is 3.07. The van der Waals surface area contributed by atoms with Crippen molar-refractivity contribution in [3.63, 3.8) is 0 Å². The van der Waals surface area contributed by atoms with Crippen molar-refractivity contribution in [1.82, 2.24) is 4.98 Å². The van der Waals surface area contributed by atoms with Gasteiger partial charge in [0.05, 0.1) is 17.8 Å². The summed E-state index contributed by atoms with van der Waals surface area (Å²) in [7, 11) is 0. The van der Waals surface area contributed by atoms with Crippen molar-refractivity contribution >= 4 is 22.9 Å².